The van der Waals surface area contributed by atoms with Gasteiger partial charge in [0.1, 0.15) is 67.1 Å². The first-order chi connectivity index (χ1) is 31.7. The van der Waals surface area contributed by atoms with Gasteiger partial charge in [-0.25, -0.2) is 0 Å². The van der Waals surface area contributed by atoms with Crippen LogP contribution in [0.3, 0.4) is 0 Å². The van der Waals surface area contributed by atoms with Crippen LogP contribution >= 0.6 is 0 Å². The van der Waals surface area contributed by atoms with E-state index >= 15 is 0 Å². The zero-order valence-corrected chi connectivity index (χ0v) is 39.4. The first kappa shape index (κ1) is 49.4. The molecule has 5 heterocycles. The van der Waals surface area contributed by atoms with Gasteiger partial charge in [0, 0.05) is 14.2 Å². The van der Waals surface area contributed by atoms with Crippen LogP contribution in [0.2, 0.25) is 0 Å². The molecule has 5 aliphatic rings. The Balaban J connectivity index is 1.17. The van der Waals surface area contributed by atoms with E-state index in [9.17, 15) is 5.11 Å². The van der Waals surface area contributed by atoms with Crippen molar-refractivity contribution in [1.82, 2.24) is 0 Å². The Labute approximate surface area is 388 Å². The average molecular weight is 925 g/mol. The molecule has 5 aliphatic heterocycles. The maximum Gasteiger partial charge on any atom is 0.187 e. The molecule has 364 valence electrons. The molecule has 1 N–H and O–H groups in total. The van der Waals surface area contributed by atoms with Crippen molar-refractivity contribution in [3.8, 4) is 0 Å². The second kappa shape index (κ2) is 21.3. The van der Waals surface area contributed by atoms with Gasteiger partial charge in [0.05, 0.1) is 39.1 Å². The van der Waals surface area contributed by atoms with Crippen molar-refractivity contribution in [3.63, 3.8) is 0 Å². The van der Waals surface area contributed by atoms with E-state index in [1.165, 1.54) is 14.2 Å². The highest BCUT2D eigenvalue weighted by molar-refractivity contribution is 5.16. The van der Waals surface area contributed by atoms with E-state index in [0.29, 0.717) is 6.61 Å². The van der Waals surface area contributed by atoms with Crippen molar-refractivity contribution in [2.24, 2.45) is 0 Å². The largest absolute Gasteiger partial charge is 0.394 e. The number of rotatable bonds is 19. The van der Waals surface area contributed by atoms with Gasteiger partial charge in [-0.3, -0.25) is 0 Å². The fourth-order valence-corrected chi connectivity index (χ4v) is 9.43. The first-order valence-corrected chi connectivity index (χ1v) is 22.9. The minimum Gasteiger partial charge on any atom is -0.394 e. The highest BCUT2D eigenvalue weighted by Gasteiger charge is 2.61. The fourth-order valence-electron chi connectivity index (χ4n) is 9.43. The molecule has 0 bridgehead atoms. The topological polar surface area (TPSA) is 159 Å². The van der Waals surface area contributed by atoms with Gasteiger partial charge in [0.25, 0.3) is 0 Å². The zero-order valence-electron chi connectivity index (χ0n) is 39.4. The quantitative estimate of drug-likeness (QED) is 0.144. The van der Waals surface area contributed by atoms with E-state index in [-0.39, 0.29) is 19.8 Å². The zero-order chi connectivity index (χ0) is 46.6. The summed E-state index contributed by atoms with van der Waals surface area (Å²) < 4.78 is 98.7. The third-order valence-electron chi connectivity index (χ3n) is 12.4. The van der Waals surface area contributed by atoms with Crippen LogP contribution in [0.15, 0.2) is 91.0 Å². The summed E-state index contributed by atoms with van der Waals surface area (Å²) in [4.78, 5) is 0. The molecule has 0 radical (unpaired) electrons. The fraction of sp³-hybridized carbons (Fsp3) is 0.640. The minimum atomic E-state index is -1.25. The molecule has 0 amide bonds. The van der Waals surface area contributed by atoms with Crippen molar-refractivity contribution in [2.75, 3.05) is 27.4 Å². The van der Waals surface area contributed by atoms with Crippen molar-refractivity contribution in [3.05, 3.63) is 108 Å². The number of methoxy groups -OCH3 is 2. The maximum absolute atomic E-state index is 10.9. The number of hydrogen-bond acceptors (Lipinski definition) is 16. The molecule has 5 fully saturated rings. The van der Waals surface area contributed by atoms with Crippen LogP contribution in [-0.4, -0.2) is 142 Å². The Hall–Kier alpha value is -2.98. The van der Waals surface area contributed by atoms with E-state index in [2.05, 4.69) is 0 Å². The van der Waals surface area contributed by atoms with E-state index in [0.717, 1.165) is 16.7 Å². The lowest BCUT2D eigenvalue weighted by molar-refractivity contribution is -0.375. The Bertz CT molecular complexity index is 1930. The van der Waals surface area contributed by atoms with Crippen LogP contribution < -0.4 is 0 Å². The van der Waals surface area contributed by atoms with Crippen LogP contribution in [0.25, 0.3) is 0 Å². The van der Waals surface area contributed by atoms with Crippen LogP contribution in [0.5, 0.6) is 0 Å². The van der Waals surface area contributed by atoms with E-state index < -0.39 is 116 Å². The predicted molar refractivity (Wildman–Crippen MR) is 235 cm³/mol. The van der Waals surface area contributed by atoms with Crippen LogP contribution in [0, 0.1) is 0 Å². The van der Waals surface area contributed by atoms with Gasteiger partial charge in [-0.2, -0.15) is 0 Å². The number of aliphatic hydroxyl groups excluding tert-OH is 1. The van der Waals surface area contributed by atoms with Crippen LogP contribution in [0.1, 0.15) is 65.2 Å². The van der Waals surface area contributed by atoms with Crippen molar-refractivity contribution < 1.29 is 76.2 Å². The molecule has 0 unspecified atom stereocenters. The number of benzene rings is 3. The van der Waals surface area contributed by atoms with Crippen LogP contribution in [-0.2, 0) is 90.9 Å². The van der Waals surface area contributed by atoms with Crippen molar-refractivity contribution in [2.45, 2.75) is 178 Å². The van der Waals surface area contributed by atoms with Gasteiger partial charge in [0.15, 0.2) is 36.2 Å². The molecular formula is C50H68O16. The summed E-state index contributed by atoms with van der Waals surface area (Å²) >= 11 is 0. The molecule has 8 rings (SSSR count). The normalized spacial score (nSPS) is 35.2. The van der Waals surface area contributed by atoms with Gasteiger partial charge >= 0.3 is 0 Å². The number of hydrogen-bond donors (Lipinski definition) is 1. The second-order valence-corrected chi connectivity index (χ2v) is 18.8. The third-order valence-corrected chi connectivity index (χ3v) is 12.4. The van der Waals surface area contributed by atoms with Gasteiger partial charge in [0.2, 0.25) is 0 Å². The molecule has 0 spiro atoms. The molecule has 0 aromatic heterocycles. The highest BCUT2D eigenvalue weighted by Crippen LogP contribution is 2.44. The predicted octanol–water partition coefficient (Wildman–Crippen LogP) is 5.79. The molecule has 0 aliphatic carbocycles. The van der Waals surface area contributed by atoms with Crippen molar-refractivity contribution in [1.29, 1.82) is 0 Å². The number of aliphatic hydroxyl groups is 1. The summed E-state index contributed by atoms with van der Waals surface area (Å²) in [5.74, 6) is -3.10. The molecule has 3 aromatic rings. The van der Waals surface area contributed by atoms with E-state index in [1.807, 2.05) is 112 Å². The molecule has 16 nitrogen and oxygen atoms in total. The summed E-state index contributed by atoms with van der Waals surface area (Å²) in [5.41, 5.74) is 2.90. The smallest absolute Gasteiger partial charge is 0.187 e. The summed E-state index contributed by atoms with van der Waals surface area (Å²) in [6, 6.07) is 29.8. The molecular weight excluding hydrogens is 857 g/mol. The lowest BCUT2D eigenvalue weighted by Crippen LogP contribution is -2.65. The monoisotopic (exact) mass is 924 g/mol. The highest BCUT2D eigenvalue weighted by atomic mass is 16.8. The molecule has 16 heteroatoms. The third kappa shape index (κ3) is 11.7. The lowest BCUT2D eigenvalue weighted by atomic mass is 9.96. The molecule has 0 saturated carbocycles. The molecule has 5 saturated heterocycles. The van der Waals surface area contributed by atoms with Gasteiger partial charge < -0.3 is 76.2 Å². The van der Waals surface area contributed by atoms with Gasteiger partial charge in [-0.15, -0.1) is 0 Å². The maximum atomic E-state index is 10.9. The van der Waals surface area contributed by atoms with E-state index in [4.69, 9.17) is 71.1 Å². The van der Waals surface area contributed by atoms with Gasteiger partial charge in [-0.05, 0) is 65.2 Å². The Kier molecular flexibility index (Phi) is 16.0. The molecule has 66 heavy (non-hydrogen) atoms. The summed E-state index contributed by atoms with van der Waals surface area (Å²) in [6.07, 6.45) is -12.8. The molecule has 14 atom stereocenters. The van der Waals surface area contributed by atoms with Crippen LogP contribution in [0.4, 0.5) is 0 Å². The molecule has 3 aromatic carbocycles. The lowest BCUT2D eigenvalue weighted by Gasteiger charge is -2.49. The Morgan fingerprint density at radius 3 is 1.62 bits per heavy atom. The summed E-state index contributed by atoms with van der Waals surface area (Å²) in [7, 11) is 3.06. The van der Waals surface area contributed by atoms with Crippen molar-refractivity contribution >= 4 is 0 Å². The second-order valence-electron chi connectivity index (χ2n) is 18.8. The SMILES string of the molecule is COC(OC)[C@@H]1OC(C)(C)O[C@H]1[C@H](O[C@@H]1O[C@H](CO)[C@@H]2OC(C)(C)O[C@@H]2[C@H]1O[C@@H]1O[C@@H](C)[C@@H](OCc2ccccc2)[C@@H](OCc2ccccc2)[C@@H]1OCc1ccccc1)[C@H]1COC(C)(C)O1. The number of ether oxygens (including phenoxy) is 15. The average Bonchev–Trinajstić information content (AvgIpc) is 3.95. The number of fused-ring (bicyclic) bond motifs is 1. The summed E-state index contributed by atoms with van der Waals surface area (Å²) in [6.45, 7) is 13.3. The Morgan fingerprint density at radius 2 is 1.09 bits per heavy atom. The minimum absolute atomic E-state index is 0.152. The van der Waals surface area contributed by atoms with E-state index in [1.54, 1.807) is 27.7 Å². The first-order valence-electron chi connectivity index (χ1n) is 22.9. The standard InChI is InChI=1S/C50H68O16/c1-30-36(54-26-31-19-13-10-14-20-31)39(55-27-32-21-15-11-16-22-32)42(56-28-33-23-17-12-18-24-33)46(58-30)61-43-41-38(63-49(4,5)65-41)34(25-51)59-47(43)60-37(35-29-57-48(2,3)62-35)40-44(45(52-8)53-9)66-50(6,7)64-40/h10-24,30,34-47,51H,25-29H2,1-9H3/t30-,34+,35+,36+,37+,38-,39+,40-,41-,42-,43+,44+,46-,47-/m0/s1. The van der Waals surface area contributed by atoms with Gasteiger partial charge in [-0.1, -0.05) is 91.0 Å². The Morgan fingerprint density at radius 1 is 0.576 bits per heavy atom. The summed E-state index contributed by atoms with van der Waals surface area (Å²) in [5, 5.41) is 10.9.